The Labute approximate surface area is 321 Å². The first-order valence-electron chi connectivity index (χ1n) is 18.9. The summed E-state index contributed by atoms with van der Waals surface area (Å²) >= 11 is 1.89. The van der Waals surface area contributed by atoms with Crippen molar-refractivity contribution in [1.29, 1.82) is 0 Å². The molecule has 55 heavy (non-hydrogen) atoms. The van der Waals surface area contributed by atoms with Crippen LogP contribution < -0.4 is 0 Å². The van der Waals surface area contributed by atoms with Crippen LogP contribution in [-0.4, -0.2) is 9.13 Å². The van der Waals surface area contributed by atoms with Crippen LogP contribution in [0.2, 0.25) is 0 Å². The van der Waals surface area contributed by atoms with Gasteiger partial charge in [0, 0.05) is 58.4 Å². The summed E-state index contributed by atoms with van der Waals surface area (Å²) in [5, 5.41) is 10.2. The molecule has 0 fully saturated rings. The minimum atomic E-state index is 1.17. The van der Waals surface area contributed by atoms with E-state index in [1.807, 2.05) is 11.3 Å². The average Bonchev–Trinajstić information content (AvgIpc) is 3.91. The van der Waals surface area contributed by atoms with Gasteiger partial charge >= 0.3 is 0 Å². The number of hydrogen-bond acceptors (Lipinski definition) is 1. The molecule has 0 aliphatic carbocycles. The van der Waals surface area contributed by atoms with E-state index < -0.39 is 0 Å². The lowest BCUT2D eigenvalue weighted by Crippen LogP contribution is -1.96. The van der Waals surface area contributed by atoms with Crippen molar-refractivity contribution in [1.82, 2.24) is 9.13 Å². The third-order valence-electron chi connectivity index (χ3n) is 11.5. The molecule has 3 heterocycles. The Hall–Kier alpha value is -6.94. The van der Waals surface area contributed by atoms with Gasteiger partial charge in [0.25, 0.3) is 0 Å². The fourth-order valence-electron chi connectivity index (χ4n) is 9.09. The van der Waals surface area contributed by atoms with Crippen molar-refractivity contribution < 1.29 is 0 Å². The summed E-state index contributed by atoms with van der Waals surface area (Å²) in [6, 6.07) is 71.4. The molecule has 0 aliphatic rings. The minimum absolute atomic E-state index is 1.17. The van der Waals surface area contributed by atoms with E-state index in [2.05, 4.69) is 203 Å². The molecular weight excluding hydrogens is 685 g/mol. The summed E-state index contributed by atoms with van der Waals surface area (Å²) in [7, 11) is 0. The van der Waals surface area contributed by atoms with E-state index in [4.69, 9.17) is 0 Å². The predicted octanol–water partition coefficient (Wildman–Crippen LogP) is 14.7. The van der Waals surface area contributed by atoms with Gasteiger partial charge in [0.15, 0.2) is 0 Å². The van der Waals surface area contributed by atoms with Crippen LogP contribution in [0.4, 0.5) is 0 Å². The Morgan fingerprint density at radius 2 is 0.855 bits per heavy atom. The summed E-state index contributed by atoms with van der Waals surface area (Å²) in [6.07, 6.45) is 0. The lowest BCUT2D eigenvalue weighted by Gasteiger charge is -2.15. The largest absolute Gasteiger partial charge is 0.309 e. The lowest BCUT2D eigenvalue weighted by molar-refractivity contribution is 1.18. The number of benzene rings is 9. The van der Waals surface area contributed by atoms with Gasteiger partial charge in [0.1, 0.15) is 0 Å². The number of aromatic nitrogens is 2. The van der Waals surface area contributed by atoms with Gasteiger partial charge in [-0.2, -0.15) is 0 Å². The summed E-state index contributed by atoms with van der Waals surface area (Å²) in [5.41, 5.74) is 12.2. The maximum atomic E-state index is 2.47. The molecule has 12 aromatic rings. The Bertz CT molecular complexity index is 3490. The van der Waals surface area contributed by atoms with Crippen molar-refractivity contribution in [3.05, 3.63) is 194 Å². The summed E-state index contributed by atoms with van der Waals surface area (Å²) < 4.78 is 7.52. The molecule has 9 aromatic carbocycles. The van der Waals surface area contributed by atoms with Crippen LogP contribution in [0.25, 0.3) is 108 Å². The fraction of sp³-hybridized carbons (Fsp3) is 0. The first-order chi connectivity index (χ1) is 27.3. The topological polar surface area (TPSA) is 9.86 Å². The van der Waals surface area contributed by atoms with E-state index >= 15 is 0 Å². The van der Waals surface area contributed by atoms with Crippen LogP contribution in [0.5, 0.6) is 0 Å². The molecule has 0 spiro atoms. The smallest absolute Gasteiger partial charge is 0.0541 e. The molecule has 0 aliphatic heterocycles. The second-order valence-corrected chi connectivity index (χ2v) is 15.5. The maximum Gasteiger partial charge on any atom is 0.0541 e. The normalized spacial score (nSPS) is 12.0. The van der Waals surface area contributed by atoms with E-state index in [-0.39, 0.29) is 0 Å². The van der Waals surface area contributed by atoms with Crippen molar-refractivity contribution in [2.75, 3.05) is 0 Å². The van der Waals surface area contributed by atoms with Gasteiger partial charge in [0.05, 0.1) is 27.8 Å². The van der Waals surface area contributed by atoms with Gasteiger partial charge in [-0.15, -0.1) is 11.3 Å². The second-order valence-electron chi connectivity index (χ2n) is 14.5. The standard InChI is InChI=1S/C52H32N2S/c1-2-13-35(14-3-1)53-46-22-9-6-17-39(46)44-31-33(25-28-49(44)53)34-26-29-50-45(32-34)40-18-7-10-23-47(40)54(50)48-30-27-37(36-15-4-5-16-38(36)48)42-20-12-21-43-41-19-8-11-24-51(41)55-52(42)43/h1-32H. The zero-order valence-corrected chi connectivity index (χ0v) is 30.6. The predicted molar refractivity (Wildman–Crippen MR) is 236 cm³/mol. The van der Waals surface area contributed by atoms with Gasteiger partial charge in [0.2, 0.25) is 0 Å². The van der Waals surface area contributed by atoms with E-state index in [0.29, 0.717) is 0 Å². The maximum absolute atomic E-state index is 2.47. The molecule has 0 bridgehead atoms. The summed E-state index contributed by atoms with van der Waals surface area (Å²) in [4.78, 5) is 0. The van der Waals surface area contributed by atoms with Crippen LogP contribution >= 0.6 is 11.3 Å². The Kier molecular flexibility index (Phi) is 6.54. The Morgan fingerprint density at radius 1 is 0.309 bits per heavy atom. The zero-order valence-electron chi connectivity index (χ0n) is 29.8. The highest BCUT2D eigenvalue weighted by Crippen LogP contribution is 2.44. The molecule has 12 rings (SSSR count). The Morgan fingerprint density at radius 3 is 1.58 bits per heavy atom. The van der Waals surface area contributed by atoms with Crippen molar-refractivity contribution in [3.8, 4) is 33.6 Å². The van der Waals surface area contributed by atoms with Crippen LogP contribution in [0.1, 0.15) is 0 Å². The highest BCUT2D eigenvalue weighted by atomic mass is 32.1. The number of nitrogens with zero attached hydrogens (tertiary/aromatic N) is 2. The number of rotatable bonds is 4. The van der Waals surface area contributed by atoms with E-state index in [1.165, 1.54) is 108 Å². The Balaban J connectivity index is 1.04. The van der Waals surface area contributed by atoms with Crippen LogP contribution in [-0.2, 0) is 0 Å². The molecule has 0 amide bonds. The second kappa shape index (κ2) is 11.8. The zero-order chi connectivity index (χ0) is 36.0. The number of fused-ring (bicyclic) bond motifs is 10. The van der Waals surface area contributed by atoms with Crippen molar-refractivity contribution in [2.45, 2.75) is 0 Å². The van der Waals surface area contributed by atoms with Crippen molar-refractivity contribution >= 4 is 85.9 Å². The van der Waals surface area contributed by atoms with Gasteiger partial charge in [-0.25, -0.2) is 0 Å². The molecule has 2 nitrogen and oxygen atoms in total. The SMILES string of the molecule is c1ccc(-n2c3ccccc3c3cc(-c4ccc5c(c4)c4ccccc4n5-c4ccc(-c5cccc6c5sc5ccccc56)c5ccccc45)ccc32)cc1. The molecule has 0 N–H and O–H groups in total. The molecule has 0 saturated carbocycles. The number of para-hydroxylation sites is 3. The van der Waals surface area contributed by atoms with Crippen LogP contribution in [0, 0.1) is 0 Å². The molecule has 0 atom stereocenters. The fourth-order valence-corrected chi connectivity index (χ4v) is 10.3. The van der Waals surface area contributed by atoms with Crippen LogP contribution in [0.3, 0.4) is 0 Å². The van der Waals surface area contributed by atoms with Gasteiger partial charge in [-0.1, -0.05) is 133 Å². The molecular formula is C52H32N2S. The van der Waals surface area contributed by atoms with E-state index in [9.17, 15) is 0 Å². The molecule has 3 heteroatoms. The van der Waals surface area contributed by atoms with Crippen LogP contribution in [0.15, 0.2) is 194 Å². The average molecular weight is 717 g/mol. The van der Waals surface area contributed by atoms with Crippen molar-refractivity contribution in [2.24, 2.45) is 0 Å². The lowest BCUT2D eigenvalue weighted by atomic mass is 9.95. The van der Waals surface area contributed by atoms with E-state index in [1.54, 1.807) is 0 Å². The first-order valence-corrected chi connectivity index (χ1v) is 19.7. The number of hydrogen-bond donors (Lipinski definition) is 0. The monoisotopic (exact) mass is 716 g/mol. The highest BCUT2D eigenvalue weighted by Gasteiger charge is 2.19. The molecule has 0 unspecified atom stereocenters. The minimum Gasteiger partial charge on any atom is -0.309 e. The molecule has 0 saturated heterocycles. The van der Waals surface area contributed by atoms with Gasteiger partial charge in [-0.05, 0) is 82.7 Å². The third-order valence-corrected chi connectivity index (χ3v) is 12.7. The quantitative estimate of drug-likeness (QED) is 0.172. The summed E-state index contributed by atoms with van der Waals surface area (Å²) in [6.45, 7) is 0. The molecule has 3 aromatic heterocycles. The molecule has 0 radical (unpaired) electrons. The van der Waals surface area contributed by atoms with Crippen molar-refractivity contribution in [3.63, 3.8) is 0 Å². The molecule has 256 valence electrons. The van der Waals surface area contributed by atoms with Gasteiger partial charge < -0.3 is 9.13 Å². The highest BCUT2D eigenvalue weighted by molar-refractivity contribution is 7.26. The first kappa shape index (κ1) is 30.5. The van der Waals surface area contributed by atoms with Gasteiger partial charge in [-0.3, -0.25) is 0 Å². The number of thiophene rings is 1. The van der Waals surface area contributed by atoms with E-state index in [0.717, 1.165) is 0 Å². The summed E-state index contributed by atoms with van der Waals surface area (Å²) in [5.74, 6) is 0. The third kappa shape index (κ3) is 4.48.